The zero-order valence-electron chi connectivity index (χ0n) is 12.6. The third-order valence-electron chi connectivity index (χ3n) is 3.51. The molecule has 0 unspecified atom stereocenters. The Kier molecular flexibility index (Phi) is 3.98. The number of aryl methyl sites for hydroxylation is 1. The van der Waals surface area contributed by atoms with Crippen molar-refractivity contribution in [3.8, 4) is 0 Å². The zero-order valence-corrected chi connectivity index (χ0v) is 12.6. The second kappa shape index (κ2) is 6.10. The number of furan rings is 1. The SMILES string of the molecule is Cc1noc(CNC(=O)C2CN(C(=O)c3ccc([N+](=O)[O-])o3)C2)n1. The van der Waals surface area contributed by atoms with E-state index >= 15 is 0 Å². The van der Waals surface area contributed by atoms with Gasteiger partial charge in [0.2, 0.25) is 11.8 Å². The van der Waals surface area contributed by atoms with Gasteiger partial charge in [0, 0.05) is 13.1 Å². The fraction of sp³-hybridized carbons (Fsp3) is 0.385. The van der Waals surface area contributed by atoms with Crippen LogP contribution in [0.1, 0.15) is 22.3 Å². The molecule has 0 atom stereocenters. The molecule has 0 bridgehead atoms. The van der Waals surface area contributed by atoms with Crippen LogP contribution in [-0.2, 0) is 11.3 Å². The summed E-state index contributed by atoms with van der Waals surface area (Å²) in [6.07, 6.45) is 0. The predicted octanol–water partition coefficient (Wildman–Crippen LogP) is 0.268. The molecular weight excluding hydrogens is 322 g/mol. The van der Waals surface area contributed by atoms with Crippen molar-refractivity contribution < 1.29 is 23.5 Å². The standard InChI is InChI=1S/C13H13N5O6/c1-7-15-10(24-16-7)4-14-12(19)8-5-17(6-8)13(20)9-2-3-11(23-9)18(21)22/h2-3,8H,4-6H2,1H3,(H,14,19). The van der Waals surface area contributed by atoms with E-state index in [1.807, 2.05) is 0 Å². The summed E-state index contributed by atoms with van der Waals surface area (Å²) in [5.41, 5.74) is 0. The van der Waals surface area contributed by atoms with Gasteiger partial charge in [0.1, 0.15) is 4.92 Å². The maximum atomic E-state index is 12.1. The van der Waals surface area contributed by atoms with Crippen molar-refractivity contribution in [2.75, 3.05) is 13.1 Å². The van der Waals surface area contributed by atoms with E-state index in [1.54, 1.807) is 6.92 Å². The van der Waals surface area contributed by atoms with Gasteiger partial charge in [-0.15, -0.1) is 0 Å². The van der Waals surface area contributed by atoms with E-state index in [1.165, 1.54) is 11.0 Å². The Morgan fingerprint density at radius 3 is 2.79 bits per heavy atom. The number of carbonyl (C=O) groups excluding carboxylic acids is 2. The van der Waals surface area contributed by atoms with Crippen LogP contribution in [0.25, 0.3) is 0 Å². The largest absolute Gasteiger partial charge is 0.433 e. The molecule has 1 saturated heterocycles. The van der Waals surface area contributed by atoms with Crippen molar-refractivity contribution >= 4 is 17.7 Å². The molecule has 3 heterocycles. The van der Waals surface area contributed by atoms with E-state index in [0.717, 1.165) is 6.07 Å². The quantitative estimate of drug-likeness (QED) is 0.605. The molecule has 11 nitrogen and oxygen atoms in total. The van der Waals surface area contributed by atoms with Gasteiger partial charge >= 0.3 is 5.88 Å². The van der Waals surface area contributed by atoms with Crippen LogP contribution in [0.5, 0.6) is 0 Å². The van der Waals surface area contributed by atoms with Gasteiger partial charge in [-0.1, -0.05) is 5.16 Å². The highest BCUT2D eigenvalue weighted by molar-refractivity contribution is 5.94. The summed E-state index contributed by atoms with van der Waals surface area (Å²) in [5, 5.41) is 16.8. The van der Waals surface area contributed by atoms with Crippen LogP contribution in [0.2, 0.25) is 0 Å². The van der Waals surface area contributed by atoms with Crippen molar-refractivity contribution in [1.82, 2.24) is 20.4 Å². The molecule has 1 fully saturated rings. The van der Waals surface area contributed by atoms with Crippen molar-refractivity contribution in [1.29, 1.82) is 0 Å². The Bertz CT molecular complexity index is 790. The van der Waals surface area contributed by atoms with Crippen LogP contribution in [0, 0.1) is 23.0 Å². The molecule has 0 spiro atoms. The third-order valence-corrected chi connectivity index (χ3v) is 3.51. The maximum absolute atomic E-state index is 12.1. The van der Waals surface area contributed by atoms with Gasteiger partial charge in [-0.2, -0.15) is 4.98 Å². The number of amides is 2. The number of nitrogens with zero attached hydrogens (tertiary/aromatic N) is 4. The lowest BCUT2D eigenvalue weighted by molar-refractivity contribution is -0.402. The normalized spacial score (nSPS) is 14.3. The topological polar surface area (TPSA) is 145 Å². The number of nitro groups is 1. The maximum Gasteiger partial charge on any atom is 0.433 e. The smallest absolute Gasteiger partial charge is 0.395 e. The second-order valence-electron chi connectivity index (χ2n) is 5.26. The minimum absolute atomic E-state index is 0.120. The summed E-state index contributed by atoms with van der Waals surface area (Å²) in [7, 11) is 0. The molecule has 2 amide bonds. The molecule has 126 valence electrons. The molecule has 3 rings (SSSR count). The number of hydrogen-bond donors (Lipinski definition) is 1. The average Bonchev–Trinajstić information content (AvgIpc) is 3.12. The highest BCUT2D eigenvalue weighted by Gasteiger charge is 2.37. The zero-order chi connectivity index (χ0) is 17.3. The van der Waals surface area contributed by atoms with Gasteiger partial charge in [0.05, 0.1) is 18.5 Å². The summed E-state index contributed by atoms with van der Waals surface area (Å²) in [6, 6.07) is 2.36. The molecule has 1 aliphatic heterocycles. The van der Waals surface area contributed by atoms with E-state index in [-0.39, 0.29) is 37.2 Å². The van der Waals surface area contributed by atoms with Crippen molar-refractivity contribution in [2.24, 2.45) is 5.92 Å². The summed E-state index contributed by atoms with van der Waals surface area (Å²) in [6.45, 7) is 2.21. The first-order valence-corrected chi connectivity index (χ1v) is 7.04. The molecule has 2 aromatic heterocycles. The first kappa shape index (κ1) is 15.6. The van der Waals surface area contributed by atoms with E-state index in [4.69, 9.17) is 8.94 Å². The minimum atomic E-state index is -0.720. The minimum Gasteiger partial charge on any atom is -0.395 e. The molecule has 1 aliphatic rings. The van der Waals surface area contributed by atoms with Gasteiger partial charge in [-0.3, -0.25) is 19.7 Å². The average molecular weight is 335 g/mol. The molecule has 0 aliphatic carbocycles. The second-order valence-corrected chi connectivity index (χ2v) is 5.26. The first-order valence-electron chi connectivity index (χ1n) is 7.04. The van der Waals surface area contributed by atoms with Gasteiger partial charge in [-0.05, 0) is 13.0 Å². The lowest BCUT2D eigenvalue weighted by atomic mass is 9.99. The monoisotopic (exact) mass is 335 g/mol. The number of likely N-dealkylation sites (tertiary alicyclic amines) is 1. The van der Waals surface area contributed by atoms with Gasteiger partial charge < -0.3 is 19.2 Å². The summed E-state index contributed by atoms with van der Waals surface area (Å²) in [4.78, 5) is 39.2. The molecule has 0 radical (unpaired) electrons. The molecule has 1 N–H and O–H groups in total. The van der Waals surface area contributed by atoms with Crippen LogP contribution in [0.3, 0.4) is 0 Å². The van der Waals surface area contributed by atoms with Crippen molar-refractivity contribution in [3.63, 3.8) is 0 Å². The van der Waals surface area contributed by atoms with E-state index in [9.17, 15) is 19.7 Å². The van der Waals surface area contributed by atoms with Crippen molar-refractivity contribution in [3.05, 3.63) is 39.7 Å². The molecule has 0 aromatic carbocycles. The first-order chi connectivity index (χ1) is 11.4. The Labute approximate surface area is 134 Å². The number of carbonyl (C=O) groups is 2. The fourth-order valence-electron chi connectivity index (χ4n) is 2.23. The van der Waals surface area contributed by atoms with Crippen molar-refractivity contribution in [2.45, 2.75) is 13.5 Å². The van der Waals surface area contributed by atoms with Gasteiger partial charge in [0.25, 0.3) is 5.91 Å². The van der Waals surface area contributed by atoms with E-state index in [0.29, 0.717) is 11.7 Å². The number of hydrogen-bond acceptors (Lipinski definition) is 8. The Morgan fingerprint density at radius 2 is 2.21 bits per heavy atom. The predicted molar refractivity (Wildman–Crippen MR) is 75.6 cm³/mol. The number of rotatable bonds is 5. The van der Waals surface area contributed by atoms with Crippen LogP contribution in [-0.4, -0.2) is 44.9 Å². The Balaban J connectivity index is 1.48. The molecule has 0 saturated carbocycles. The number of nitrogens with one attached hydrogen (secondary N) is 1. The molecule has 11 heteroatoms. The van der Waals surface area contributed by atoms with Crippen LogP contribution in [0.4, 0.5) is 5.88 Å². The fourth-order valence-corrected chi connectivity index (χ4v) is 2.23. The van der Waals surface area contributed by atoms with E-state index in [2.05, 4.69) is 15.5 Å². The summed E-state index contributed by atoms with van der Waals surface area (Å²) < 4.78 is 9.73. The van der Waals surface area contributed by atoms with Gasteiger partial charge in [0.15, 0.2) is 11.6 Å². The van der Waals surface area contributed by atoms with Crippen LogP contribution < -0.4 is 5.32 Å². The van der Waals surface area contributed by atoms with Crippen LogP contribution in [0.15, 0.2) is 21.1 Å². The summed E-state index contributed by atoms with van der Waals surface area (Å²) >= 11 is 0. The molecule has 24 heavy (non-hydrogen) atoms. The van der Waals surface area contributed by atoms with Crippen LogP contribution >= 0.6 is 0 Å². The highest BCUT2D eigenvalue weighted by Crippen LogP contribution is 2.22. The Hall–Kier alpha value is -3.24. The lowest BCUT2D eigenvalue weighted by Crippen LogP contribution is -2.55. The third kappa shape index (κ3) is 3.09. The lowest BCUT2D eigenvalue weighted by Gasteiger charge is -2.37. The Morgan fingerprint density at radius 1 is 1.46 bits per heavy atom. The highest BCUT2D eigenvalue weighted by atomic mass is 16.6. The molecule has 2 aromatic rings. The summed E-state index contributed by atoms with van der Waals surface area (Å²) in [5.74, 6) is -0.920. The van der Waals surface area contributed by atoms with E-state index < -0.39 is 16.7 Å². The molecular formula is C13H13N5O6. The van der Waals surface area contributed by atoms with Gasteiger partial charge in [-0.25, -0.2) is 0 Å². The number of aromatic nitrogens is 2.